The van der Waals surface area contributed by atoms with E-state index in [2.05, 4.69) is 51.5 Å². The normalized spacial score (nSPS) is 23.0. The number of carbonyl (C=O) groups is 1. The van der Waals surface area contributed by atoms with Crippen LogP contribution in [0.1, 0.15) is 37.6 Å². The van der Waals surface area contributed by atoms with E-state index in [0.717, 1.165) is 19.3 Å². The fourth-order valence-electron chi connectivity index (χ4n) is 3.91. The minimum absolute atomic E-state index is 0.177. The first-order chi connectivity index (χ1) is 15.4. The molecule has 0 aliphatic carbocycles. The second kappa shape index (κ2) is 9.19. The molecular weight excluding hydrogens is 412 g/mol. The largest absolute Gasteiger partial charge is 0.387 e. The number of ether oxygens (including phenoxy) is 1. The highest BCUT2D eigenvalue weighted by molar-refractivity contribution is 5.83. The van der Waals surface area contributed by atoms with Crippen molar-refractivity contribution < 1.29 is 19.7 Å². The summed E-state index contributed by atoms with van der Waals surface area (Å²) < 4.78 is 7.06. The number of ketones is 1. The number of nitrogens with zero attached hydrogens (tertiary/aromatic N) is 4. The summed E-state index contributed by atoms with van der Waals surface area (Å²) in [6, 6.07) is 8.53. The molecule has 0 bridgehead atoms. The van der Waals surface area contributed by atoms with Gasteiger partial charge in [0.25, 0.3) is 0 Å². The molecule has 0 radical (unpaired) electrons. The first-order valence-electron chi connectivity index (χ1n) is 10.7. The van der Waals surface area contributed by atoms with Gasteiger partial charge in [-0.05, 0) is 30.9 Å². The molecule has 1 saturated heterocycles. The van der Waals surface area contributed by atoms with Crippen molar-refractivity contribution in [2.24, 2.45) is 0 Å². The monoisotopic (exact) mass is 440 g/mol. The van der Waals surface area contributed by atoms with Gasteiger partial charge in [-0.3, -0.25) is 9.36 Å². The van der Waals surface area contributed by atoms with Crippen LogP contribution >= 0.6 is 0 Å². The molecule has 1 unspecified atom stereocenters. The predicted octanol–water partition coefficient (Wildman–Crippen LogP) is 1.22. The van der Waals surface area contributed by atoms with Crippen LogP contribution in [0.4, 0.5) is 11.8 Å². The Morgan fingerprint density at radius 3 is 2.47 bits per heavy atom. The van der Waals surface area contributed by atoms with Gasteiger partial charge in [-0.15, -0.1) is 0 Å². The Morgan fingerprint density at radius 2 is 1.84 bits per heavy atom. The Bertz CT molecular complexity index is 1100. The zero-order chi connectivity index (χ0) is 22.8. The molecule has 4 rings (SSSR count). The van der Waals surface area contributed by atoms with Gasteiger partial charge >= 0.3 is 0 Å². The van der Waals surface area contributed by atoms with Gasteiger partial charge in [0.1, 0.15) is 23.8 Å². The number of aliphatic hydroxyl groups is 2. The summed E-state index contributed by atoms with van der Waals surface area (Å²) in [5.41, 5.74) is 9.27. The number of nitrogens with two attached hydrogens (primary N) is 1. The van der Waals surface area contributed by atoms with Crippen molar-refractivity contribution in [1.82, 2.24) is 19.5 Å². The van der Waals surface area contributed by atoms with Gasteiger partial charge < -0.3 is 26.0 Å². The highest BCUT2D eigenvalue weighted by atomic mass is 16.6. The highest BCUT2D eigenvalue weighted by Crippen LogP contribution is 2.32. The molecule has 1 fully saturated rings. The van der Waals surface area contributed by atoms with Gasteiger partial charge in [-0.1, -0.05) is 37.6 Å². The maximum Gasteiger partial charge on any atom is 0.226 e. The number of carbonyl (C=O) groups excluding carboxylic acids is 1. The van der Waals surface area contributed by atoms with Crippen LogP contribution in [0.25, 0.3) is 11.2 Å². The number of benzene rings is 1. The van der Waals surface area contributed by atoms with E-state index in [9.17, 15) is 15.0 Å². The van der Waals surface area contributed by atoms with E-state index in [1.165, 1.54) is 28.9 Å². The third-order valence-corrected chi connectivity index (χ3v) is 5.62. The van der Waals surface area contributed by atoms with Crippen molar-refractivity contribution in [3.05, 3.63) is 41.7 Å². The Balaban J connectivity index is 1.50. The number of anilines is 2. The van der Waals surface area contributed by atoms with Crippen LogP contribution in [-0.4, -0.2) is 60.4 Å². The molecule has 4 atom stereocenters. The summed E-state index contributed by atoms with van der Waals surface area (Å²) in [5.74, 6) is 0.120. The molecule has 1 aliphatic rings. The summed E-state index contributed by atoms with van der Waals surface area (Å²) in [7, 11) is 0. The molecule has 2 aromatic heterocycles. The van der Waals surface area contributed by atoms with E-state index in [1.54, 1.807) is 0 Å². The Labute approximate surface area is 185 Å². The van der Waals surface area contributed by atoms with Crippen LogP contribution in [0.3, 0.4) is 0 Å². The van der Waals surface area contributed by atoms with Crippen molar-refractivity contribution in [2.75, 3.05) is 17.6 Å². The summed E-state index contributed by atoms with van der Waals surface area (Å²) in [6.07, 6.45) is -0.413. The fraction of sp³-hybridized carbons (Fsp3) is 0.455. The van der Waals surface area contributed by atoms with E-state index in [1.807, 2.05) is 0 Å². The average Bonchev–Trinajstić information content (AvgIpc) is 3.31. The van der Waals surface area contributed by atoms with Crippen LogP contribution in [0.5, 0.6) is 0 Å². The summed E-state index contributed by atoms with van der Waals surface area (Å²) in [5, 5.41) is 23.7. The Hall–Kier alpha value is -3.08. The lowest BCUT2D eigenvalue weighted by atomic mass is 10.1. The SMILES string of the molecule is CCCc1ccc(CCNc2nc(N)c3ncn([C@@H]4O[C@H](C(C)=O)C(O)[C@@H]4O)c3n2)cc1. The van der Waals surface area contributed by atoms with E-state index in [4.69, 9.17) is 10.5 Å². The van der Waals surface area contributed by atoms with E-state index in [-0.39, 0.29) is 11.6 Å². The number of fused-ring (bicyclic) bond motifs is 1. The molecule has 170 valence electrons. The summed E-state index contributed by atoms with van der Waals surface area (Å²) in [4.78, 5) is 24.7. The number of nitrogens with one attached hydrogen (secondary N) is 1. The van der Waals surface area contributed by atoms with Crippen molar-refractivity contribution in [2.45, 2.75) is 57.6 Å². The van der Waals surface area contributed by atoms with Gasteiger partial charge in [0.15, 0.2) is 23.5 Å². The molecule has 0 amide bonds. The number of aromatic nitrogens is 4. The molecular formula is C22H28N6O4. The van der Waals surface area contributed by atoms with Gasteiger partial charge in [0, 0.05) is 6.54 Å². The maximum atomic E-state index is 11.7. The molecule has 32 heavy (non-hydrogen) atoms. The molecule has 0 saturated carbocycles. The van der Waals surface area contributed by atoms with Crippen molar-refractivity contribution in [3.63, 3.8) is 0 Å². The van der Waals surface area contributed by atoms with Crippen LogP contribution in [0, 0.1) is 0 Å². The molecule has 3 aromatic rings. The first kappa shape index (κ1) is 22.1. The highest BCUT2D eigenvalue weighted by Gasteiger charge is 2.46. The van der Waals surface area contributed by atoms with Crippen molar-refractivity contribution in [1.29, 1.82) is 0 Å². The Morgan fingerprint density at radius 1 is 1.16 bits per heavy atom. The second-order valence-electron chi connectivity index (χ2n) is 8.04. The van der Waals surface area contributed by atoms with Crippen LogP contribution in [0.2, 0.25) is 0 Å². The lowest BCUT2D eigenvalue weighted by molar-refractivity contribution is -0.133. The van der Waals surface area contributed by atoms with Gasteiger partial charge in [-0.25, -0.2) is 4.98 Å². The molecule has 3 heterocycles. The number of hydrogen-bond acceptors (Lipinski definition) is 9. The number of imidazole rings is 1. The lowest BCUT2D eigenvalue weighted by Gasteiger charge is -2.16. The minimum atomic E-state index is -1.34. The number of aliphatic hydroxyl groups excluding tert-OH is 2. The van der Waals surface area contributed by atoms with Crippen LogP contribution < -0.4 is 11.1 Å². The molecule has 10 heteroatoms. The predicted molar refractivity (Wildman–Crippen MR) is 119 cm³/mol. The second-order valence-corrected chi connectivity index (χ2v) is 8.04. The van der Waals surface area contributed by atoms with E-state index in [0.29, 0.717) is 23.7 Å². The number of aryl methyl sites for hydroxylation is 1. The standard InChI is InChI=1S/C22H28N6O4/c1-3-4-13-5-7-14(8-6-13)9-10-24-22-26-19(23)15-20(27-22)28(11-25-15)21-17(31)16(30)18(32-21)12(2)29/h5-8,11,16-18,21,30-31H,3-4,9-10H2,1-2H3,(H3,23,24,26,27)/t16?,17-,18+,21+/m0/s1. The zero-order valence-corrected chi connectivity index (χ0v) is 18.1. The minimum Gasteiger partial charge on any atom is -0.387 e. The van der Waals surface area contributed by atoms with Crippen molar-refractivity contribution in [3.8, 4) is 0 Å². The number of rotatable bonds is 8. The fourth-order valence-corrected chi connectivity index (χ4v) is 3.91. The molecule has 5 N–H and O–H groups in total. The van der Waals surface area contributed by atoms with E-state index >= 15 is 0 Å². The zero-order valence-electron chi connectivity index (χ0n) is 18.1. The van der Waals surface area contributed by atoms with Crippen LogP contribution in [0.15, 0.2) is 30.6 Å². The number of hydrogen-bond donors (Lipinski definition) is 4. The Kier molecular flexibility index (Phi) is 6.35. The lowest BCUT2D eigenvalue weighted by Crippen LogP contribution is -2.34. The number of Topliss-reactive ketones (excluding diaryl/α,β-unsaturated/α-hetero) is 1. The molecule has 0 spiro atoms. The summed E-state index contributed by atoms with van der Waals surface area (Å²) in [6.45, 7) is 4.06. The van der Waals surface area contributed by atoms with Crippen molar-refractivity contribution >= 4 is 28.7 Å². The van der Waals surface area contributed by atoms with Crippen LogP contribution in [-0.2, 0) is 22.4 Å². The third-order valence-electron chi connectivity index (χ3n) is 5.62. The topological polar surface area (TPSA) is 148 Å². The third kappa shape index (κ3) is 4.29. The van der Waals surface area contributed by atoms with E-state index < -0.39 is 24.5 Å². The van der Waals surface area contributed by atoms with Gasteiger partial charge in [0.05, 0.1) is 6.33 Å². The summed E-state index contributed by atoms with van der Waals surface area (Å²) >= 11 is 0. The number of nitrogen functional groups attached to an aromatic ring is 1. The first-order valence-corrected chi connectivity index (χ1v) is 10.7. The quantitative estimate of drug-likeness (QED) is 0.406. The van der Waals surface area contributed by atoms with Gasteiger partial charge in [0.2, 0.25) is 5.95 Å². The smallest absolute Gasteiger partial charge is 0.226 e. The molecule has 10 nitrogen and oxygen atoms in total. The average molecular weight is 441 g/mol. The molecule has 1 aliphatic heterocycles. The maximum absolute atomic E-state index is 11.7. The van der Waals surface area contributed by atoms with Gasteiger partial charge in [-0.2, -0.15) is 9.97 Å². The molecule has 1 aromatic carbocycles.